The Balaban J connectivity index is 3.67. The van der Waals surface area contributed by atoms with Crippen LogP contribution in [0.25, 0.3) is 0 Å². The fourth-order valence-corrected chi connectivity index (χ4v) is 15.4. The number of hydrogen-bond acceptors (Lipinski definition) is 8. The average molecular weight is 1430 g/mol. The van der Waals surface area contributed by atoms with Crippen molar-refractivity contribution in [2.75, 3.05) is 26.4 Å². The summed E-state index contributed by atoms with van der Waals surface area (Å²) in [5, 5.41) is 0. The number of hydrogen-bond donors (Lipinski definition) is 2. The van der Waals surface area contributed by atoms with E-state index in [1.165, 1.54) is 456 Å². The summed E-state index contributed by atoms with van der Waals surface area (Å²) in [6.07, 6.45) is 110. The minimum Gasteiger partial charge on any atom is -0.462 e. The zero-order valence-electron chi connectivity index (χ0n) is 67.8. The molecule has 0 aliphatic carbocycles. The topological polar surface area (TPSA) is 134 Å². The predicted octanol–water partition coefficient (Wildman–Crippen LogP) is 30.9. The van der Waals surface area contributed by atoms with E-state index in [4.69, 9.17) is 24.3 Å². The number of unbranched alkanes of at least 4 members (excludes halogenated alkanes) is 74. The van der Waals surface area contributed by atoms with Crippen LogP contribution < -0.4 is 5.73 Å². The van der Waals surface area contributed by atoms with E-state index in [0.717, 1.165) is 32.1 Å². The van der Waals surface area contributed by atoms with Gasteiger partial charge in [-0.2, -0.15) is 0 Å². The standard InChI is InChI=1S/C90H178NO8P/c1-3-5-7-9-11-13-15-17-19-21-23-25-27-29-31-33-35-37-39-41-43-44-45-47-49-51-53-55-57-59-61-63-65-67-69-71-73-75-77-79-81-83-90(93)99-88(87-98-100(94,95)97-85-84-91)86-96-89(92)82-80-78-76-74-72-70-68-66-64-62-60-58-56-54-52-50-48-46-42-40-38-36-34-32-30-28-26-24-22-20-18-16-14-12-10-8-6-4-2/h21,23,88H,3-20,22,24-87,91H2,1-2H3,(H,94,95)/b23-21-. The molecule has 596 valence electrons. The SMILES string of the molecule is CCCCCCCCCC/C=C\CCCCCCCCCCCCCCCCCCCCCCCCCCCCCCCC(=O)OC(COC(=O)CCCCCCCCCCCCCCCCCCCCCCCCCCCCCCCCCCCCCCCC)COP(=O)(O)OCCN. The first-order valence-electron chi connectivity index (χ1n) is 45.7. The lowest BCUT2D eigenvalue weighted by molar-refractivity contribution is -0.161. The fraction of sp³-hybridized carbons (Fsp3) is 0.956. The minimum absolute atomic E-state index is 0.0585. The molecule has 0 aliphatic rings. The molecule has 0 spiro atoms. The maximum absolute atomic E-state index is 12.8. The summed E-state index contributed by atoms with van der Waals surface area (Å²) in [5.74, 6) is -0.793. The fourth-order valence-electron chi connectivity index (χ4n) is 14.6. The number of rotatable bonds is 89. The van der Waals surface area contributed by atoms with Crippen LogP contribution in [0.3, 0.4) is 0 Å². The summed E-state index contributed by atoms with van der Waals surface area (Å²) < 4.78 is 33.4. The van der Waals surface area contributed by atoms with E-state index in [2.05, 4.69) is 26.0 Å². The molecular weight excluding hydrogens is 1250 g/mol. The second-order valence-corrected chi connectivity index (χ2v) is 33.0. The van der Waals surface area contributed by atoms with Gasteiger partial charge in [-0.05, 0) is 38.5 Å². The Labute approximate surface area is 625 Å². The van der Waals surface area contributed by atoms with Gasteiger partial charge >= 0.3 is 19.8 Å². The van der Waals surface area contributed by atoms with Crippen molar-refractivity contribution in [2.45, 2.75) is 527 Å². The minimum atomic E-state index is -4.39. The first kappa shape index (κ1) is 98.8. The van der Waals surface area contributed by atoms with Crippen LogP contribution in [0.2, 0.25) is 0 Å². The Hall–Kier alpha value is -1.25. The number of carbonyl (C=O) groups excluding carboxylic acids is 2. The van der Waals surface area contributed by atoms with Crippen LogP contribution in [-0.2, 0) is 32.7 Å². The van der Waals surface area contributed by atoms with Gasteiger partial charge in [0.05, 0.1) is 13.2 Å². The zero-order valence-corrected chi connectivity index (χ0v) is 68.6. The van der Waals surface area contributed by atoms with Crippen molar-refractivity contribution in [3.05, 3.63) is 12.2 Å². The van der Waals surface area contributed by atoms with Crippen molar-refractivity contribution in [2.24, 2.45) is 5.73 Å². The maximum Gasteiger partial charge on any atom is 0.472 e. The summed E-state index contributed by atoms with van der Waals surface area (Å²) in [7, 11) is -4.39. The highest BCUT2D eigenvalue weighted by Crippen LogP contribution is 2.43. The molecule has 0 heterocycles. The second kappa shape index (κ2) is 86.7. The number of ether oxygens (including phenoxy) is 2. The van der Waals surface area contributed by atoms with Crippen LogP contribution >= 0.6 is 7.82 Å². The molecular formula is C90H178NO8P. The number of nitrogens with two attached hydrogens (primary N) is 1. The molecule has 0 fully saturated rings. The van der Waals surface area contributed by atoms with Crippen LogP contribution in [0.5, 0.6) is 0 Å². The van der Waals surface area contributed by atoms with Crippen LogP contribution in [-0.4, -0.2) is 49.3 Å². The lowest BCUT2D eigenvalue weighted by Gasteiger charge is -2.19. The van der Waals surface area contributed by atoms with Gasteiger partial charge in [-0.15, -0.1) is 0 Å². The highest BCUT2D eigenvalue weighted by Gasteiger charge is 2.26. The molecule has 0 bridgehead atoms. The second-order valence-electron chi connectivity index (χ2n) is 31.5. The van der Waals surface area contributed by atoms with Gasteiger partial charge < -0.3 is 20.1 Å². The average Bonchev–Trinajstić information content (AvgIpc) is 0.983. The van der Waals surface area contributed by atoms with Gasteiger partial charge in [0.2, 0.25) is 0 Å². The lowest BCUT2D eigenvalue weighted by atomic mass is 10.0. The van der Waals surface area contributed by atoms with Crippen molar-refractivity contribution in [3.8, 4) is 0 Å². The van der Waals surface area contributed by atoms with Crippen molar-refractivity contribution in [1.29, 1.82) is 0 Å². The number of phosphoric acid groups is 1. The normalized spacial score (nSPS) is 12.7. The van der Waals surface area contributed by atoms with Crippen LogP contribution in [0, 0.1) is 0 Å². The van der Waals surface area contributed by atoms with Gasteiger partial charge in [0.15, 0.2) is 6.10 Å². The van der Waals surface area contributed by atoms with E-state index in [9.17, 15) is 19.0 Å². The number of carbonyl (C=O) groups is 2. The Morgan fingerprint density at radius 3 is 0.710 bits per heavy atom. The van der Waals surface area contributed by atoms with Gasteiger partial charge in [0.25, 0.3) is 0 Å². The van der Waals surface area contributed by atoms with E-state index < -0.39 is 26.5 Å². The van der Waals surface area contributed by atoms with E-state index in [1.807, 2.05) is 0 Å². The summed E-state index contributed by atoms with van der Waals surface area (Å²) in [5.41, 5.74) is 5.43. The van der Waals surface area contributed by atoms with E-state index in [0.29, 0.717) is 12.8 Å². The predicted molar refractivity (Wildman–Crippen MR) is 437 cm³/mol. The number of phosphoric ester groups is 1. The monoisotopic (exact) mass is 1430 g/mol. The van der Waals surface area contributed by atoms with Crippen LogP contribution in [0.4, 0.5) is 0 Å². The van der Waals surface area contributed by atoms with Gasteiger partial charge in [-0.25, -0.2) is 4.57 Å². The third-order valence-corrected chi connectivity index (χ3v) is 22.4. The van der Waals surface area contributed by atoms with Gasteiger partial charge in [-0.3, -0.25) is 18.6 Å². The highest BCUT2D eigenvalue weighted by atomic mass is 31.2. The Morgan fingerprint density at radius 1 is 0.290 bits per heavy atom. The Kier molecular flexibility index (Phi) is 85.6. The zero-order chi connectivity index (χ0) is 72.2. The molecule has 0 rings (SSSR count). The first-order chi connectivity index (χ1) is 49.3. The third-order valence-electron chi connectivity index (χ3n) is 21.4. The molecule has 2 unspecified atom stereocenters. The molecule has 3 N–H and O–H groups in total. The largest absolute Gasteiger partial charge is 0.472 e. The third kappa shape index (κ3) is 85.7. The van der Waals surface area contributed by atoms with Crippen molar-refractivity contribution < 1.29 is 37.6 Å². The molecule has 100 heavy (non-hydrogen) atoms. The smallest absolute Gasteiger partial charge is 0.462 e. The van der Waals surface area contributed by atoms with Gasteiger partial charge in [0, 0.05) is 19.4 Å². The van der Waals surface area contributed by atoms with Crippen molar-refractivity contribution >= 4 is 19.8 Å². The molecule has 9 nitrogen and oxygen atoms in total. The highest BCUT2D eigenvalue weighted by molar-refractivity contribution is 7.47. The molecule has 0 saturated carbocycles. The summed E-state index contributed by atoms with van der Waals surface area (Å²) >= 11 is 0. The first-order valence-corrected chi connectivity index (χ1v) is 47.2. The van der Waals surface area contributed by atoms with Gasteiger partial charge in [-0.1, -0.05) is 482 Å². The molecule has 0 saturated heterocycles. The molecule has 0 amide bonds. The number of allylic oxidation sites excluding steroid dienone is 2. The summed E-state index contributed by atoms with van der Waals surface area (Å²) in [6.45, 7) is 3.86. The molecule has 2 atom stereocenters. The molecule has 0 aromatic heterocycles. The Morgan fingerprint density at radius 2 is 0.490 bits per heavy atom. The molecule has 0 radical (unpaired) electrons. The Bertz CT molecular complexity index is 1650. The lowest BCUT2D eigenvalue weighted by Crippen LogP contribution is -2.29. The molecule has 0 aliphatic heterocycles. The maximum atomic E-state index is 12.8. The van der Waals surface area contributed by atoms with E-state index >= 15 is 0 Å². The van der Waals surface area contributed by atoms with E-state index in [-0.39, 0.29) is 32.1 Å². The summed E-state index contributed by atoms with van der Waals surface area (Å²) in [6, 6.07) is 0. The summed E-state index contributed by atoms with van der Waals surface area (Å²) in [4.78, 5) is 35.5. The van der Waals surface area contributed by atoms with Crippen molar-refractivity contribution in [1.82, 2.24) is 0 Å². The van der Waals surface area contributed by atoms with E-state index in [1.54, 1.807) is 0 Å². The van der Waals surface area contributed by atoms with Crippen molar-refractivity contribution in [3.63, 3.8) is 0 Å². The van der Waals surface area contributed by atoms with Crippen LogP contribution in [0.15, 0.2) is 12.2 Å². The molecule has 10 heteroatoms. The number of esters is 2. The molecule has 0 aromatic rings. The van der Waals surface area contributed by atoms with Gasteiger partial charge in [0.1, 0.15) is 6.61 Å². The molecule has 0 aromatic carbocycles. The quantitative estimate of drug-likeness (QED) is 0.0264. The van der Waals surface area contributed by atoms with Crippen LogP contribution in [0.1, 0.15) is 521 Å².